The molecule has 8 nitrogen and oxygen atoms in total. The average molecular weight is 322 g/mol. The lowest BCUT2D eigenvalue weighted by Crippen LogP contribution is -2.36. The van der Waals surface area contributed by atoms with Crippen molar-refractivity contribution in [3.05, 3.63) is 10.6 Å². The molecule has 2 aliphatic rings. The Kier molecular flexibility index (Phi) is 3.88. The number of fused-ring (bicyclic) bond motifs is 1. The van der Waals surface area contributed by atoms with Crippen molar-refractivity contribution in [1.82, 2.24) is 15.2 Å². The van der Waals surface area contributed by atoms with Gasteiger partial charge in [0.15, 0.2) is 5.13 Å². The predicted octanol–water partition coefficient (Wildman–Crippen LogP) is -0.0934. The number of hydrogen-bond donors (Lipinski definition) is 2. The van der Waals surface area contributed by atoms with E-state index in [2.05, 4.69) is 15.6 Å². The largest absolute Gasteiger partial charge is 0.351 e. The van der Waals surface area contributed by atoms with E-state index in [1.807, 2.05) is 0 Å². The van der Waals surface area contributed by atoms with Crippen LogP contribution in [0.1, 0.15) is 34.6 Å². The van der Waals surface area contributed by atoms with Crippen molar-refractivity contribution in [2.45, 2.75) is 25.7 Å². The summed E-state index contributed by atoms with van der Waals surface area (Å²) in [6.07, 6.45) is 1.77. The van der Waals surface area contributed by atoms with E-state index in [0.717, 1.165) is 22.7 Å². The minimum absolute atomic E-state index is 0.151. The van der Waals surface area contributed by atoms with Crippen LogP contribution in [0.2, 0.25) is 0 Å². The Morgan fingerprint density at radius 2 is 1.95 bits per heavy atom. The lowest BCUT2D eigenvalue weighted by atomic mass is 10.2. The zero-order chi connectivity index (χ0) is 15.7. The van der Waals surface area contributed by atoms with E-state index in [0.29, 0.717) is 28.7 Å². The van der Waals surface area contributed by atoms with E-state index in [1.165, 1.54) is 0 Å². The van der Waals surface area contributed by atoms with E-state index in [1.54, 1.807) is 0 Å². The van der Waals surface area contributed by atoms with E-state index in [4.69, 9.17) is 0 Å². The van der Waals surface area contributed by atoms with Gasteiger partial charge in [-0.1, -0.05) is 11.3 Å². The highest BCUT2D eigenvalue weighted by atomic mass is 32.1. The molecule has 22 heavy (non-hydrogen) atoms. The van der Waals surface area contributed by atoms with Crippen molar-refractivity contribution in [3.8, 4) is 0 Å². The van der Waals surface area contributed by atoms with Crippen LogP contribution in [0.15, 0.2) is 0 Å². The maximum Gasteiger partial charge on any atom is 0.263 e. The molecule has 1 aromatic heterocycles. The second-order valence-corrected chi connectivity index (χ2v) is 6.08. The third-order valence-corrected chi connectivity index (χ3v) is 4.49. The van der Waals surface area contributed by atoms with Crippen LogP contribution in [-0.2, 0) is 20.8 Å². The van der Waals surface area contributed by atoms with Crippen molar-refractivity contribution >= 4 is 40.1 Å². The highest BCUT2D eigenvalue weighted by Gasteiger charge is 2.30. The third-order valence-electron chi connectivity index (χ3n) is 3.48. The molecule has 2 N–H and O–H groups in total. The Balaban J connectivity index is 1.67. The van der Waals surface area contributed by atoms with Gasteiger partial charge in [0.25, 0.3) is 5.91 Å². The number of aryl methyl sites for hydroxylation is 1. The summed E-state index contributed by atoms with van der Waals surface area (Å²) < 4.78 is 0. The Hall–Kier alpha value is -2.29. The summed E-state index contributed by atoms with van der Waals surface area (Å²) in [6, 6.07) is 0. The molecule has 3 heterocycles. The van der Waals surface area contributed by atoms with Gasteiger partial charge in [-0.05, 0) is 12.8 Å². The van der Waals surface area contributed by atoms with Gasteiger partial charge in [0.2, 0.25) is 17.7 Å². The molecule has 0 aromatic carbocycles. The van der Waals surface area contributed by atoms with Crippen LogP contribution >= 0.6 is 11.3 Å². The molecule has 3 rings (SSSR count). The van der Waals surface area contributed by atoms with Crippen molar-refractivity contribution < 1.29 is 19.2 Å². The summed E-state index contributed by atoms with van der Waals surface area (Å²) in [7, 11) is 0. The molecule has 2 aliphatic heterocycles. The highest BCUT2D eigenvalue weighted by molar-refractivity contribution is 7.17. The number of rotatable bonds is 3. The molecule has 0 bridgehead atoms. The molecule has 0 spiro atoms. The normalized spacial score (nSPS) is 18.0. The molecule has 0 aliphatic carbocycles. The number of nitrogens with one attached hydrogen (secondary N) is 2. The topological polar surface area (TPSA) is 108 Å². The van der Waals surface area contributed by atoms with Crippen molar-refractivity contribution in [3.63, 3.8) is 0 Å². The summed E-state index contributed by atoms with van der Waals surface area (Å²) in [5.74, 6) is -1.35. The number of likely N-dealkylation sites (tertiary alicyclic amines) is 1. The Morgan fingerprint density at radius 3 is 2.68 bits per heavy atom. The van der Waals surface area contributed by atoms with E-state index in [9.17, 15) is 19.2 Å². The smallest absolute Gasteiger partial charge is 0.263 e. The van der Waals surface area contributed by atoms with Gasteiger partial charge in [-0.2, -0.15) is 0 Å². The van der Waals surface area contributed by atoms with E-state index in [-0.39, 0.29) is 37.1 Å². The van der Waals surface area contributed by atoms with Gasteiger partial charge in [-0.3, -0.25) is 24.1 Å². The maximum atomic E-state index is 11.9. The van der Waals surface area contributed by atoms with Crippen LogP contribution in [0.25, 0.3) is 0 Å². The molecule has 0 radical (unpaired) electrons. The number of imide groups is 1. The quantitative estimate of drug-likeness (QED) is 0.756. The van der Waals surface area contributed by atoms with Crippen molar-refractivity contribution in [2.75, 3.05) is 18.4 Å². The minimum Gasteiger partial charge on any atom is -0.351 e. The minimum atomic E-state index is -0.493. The zero-order valence-electron chi connectivity index (χ0n) is 11.7. The lowest BCUT2D eigenvalue weighted by molar-refractivity contribution is -0.141. The average Bonchev–Trinajstić information content (AvgIpc) is 2.96. The fourth-order valence-electron chi connectivity index (χ4n) is 2.39. The van der Waals surface area contributed by atoms with Crippen LogP contribution in [0.3, 0.4) is 0 Å². The van der Waals surface area contributed by atoms with Crippen LogP contribution in [0, 0.1) is 0 Å². The molecule has 116 valence electrons. The molecule has 1 fully saturated rings. The van der Waals surface area contributed by atoms with E-state index >= 15 is 0 Å². The molecule has 9 heteroatoms. The van der Waals surface area contributed by atoms with Gasteiger partial charge in [-0.25, -0.2) is 4.98 Å². The van der Waals surface area contributed by atoms with Gasteiger partial charge in [0, 0.05) is 19.4 Å². The molecule has 0 unspecified atom stereocenters. The van der Waals surface area contributed by atoms with Gasteiger partial charge in [0.05, 0.1) is 5.69 Å². The van der Waals surface area contributed by atoms with Gasteiger partial charge in [-0.15, -0.1) is 0 Å². The Labute approximate surface area is 129 Å². The summed E-state index contributed by atoms with van der Waals surface area (Å²) in [5, 5.41) is 5.62. The van der Waals surface area contributed by atoms with Gasteiger partial charge >= 0.3 is 0 Å². The SMILES string of the molecule is O=C(CN1C(=O)CCC1=O)Nc1nc2c(s1)C(=O)NCCC2. The fraction of sp³-hybridized carbons (Fsp3) is 0.462. The van der Waals surface area contributed by atoms with Crippen molar-refractivity contribution in [2.24, 2.45) is 0 Å². The standard InChI is InChI=1S/C13H14N4O4S/c18-8(6-17-9(19)3-4-10(17)20)16-13-15-7-2-1-5-14-12(21)11(7)22-13/h1-6H2,(H,14,21)(H,15,16,18). The highest BCUT2D eigenvalue weighted by Crippen LogP contribution is 2.25. The summed E-state index contributed by atoms with van der Waals surface area (Å²) >= 11 is 1.10. The van der Waals surface area contributed by atoms with E-state index < -0.39 is 5.91 Å². The van der Waals surface area contributed by atoms with Crippen LogP contribution in [0.5, 0.6) is 0 Å². The lowest BCUT2D eigenvalue weighted by Gasteiger charge is -2.12. The first-order valence-corrected chi connectivity index (χ1v) is 7.77. The molecule has 0 saturated carbocycles. The summed E-state index contributed by atoms with van der Waals surface area (Å²) in [5.41, 5.74) is 0.670. The molecular weight excluding hydrogens is 308 g/mol. The van der Waals surface area contributed by atoms with Crippen LogP contribution in [-0.4, -0.2) is 46.6 Å². The maximum absolute atomic E-state index is 11.9. The van der Waals surface area contributed by atoms with Gasteiger partial charge in [0.1, 0.15) is 11.4 Å². The first-order chi connectivity index (χ1) is 10.5. The number of hydrogen-bond acceptors (Lipinski definition) is 6. The zero-order valence-corrected chi connectivity index (χ0v) is 12.5. The summed E-state index contributed by atoms with van der Waals surface area (Å²) in [4.78, 5) is 52.4. The van der Waals surface area contributed by atoms with Crippen LogP contribution < -0.4 is 10.6 Å². The predicted molar refractivity (Wildman–Crippen MR) is 77.4 cm³/mol. The molecule has 4 amide bonds. The Bertz CT molecular complexity index is 653. The van der Waals surface area contributed by atoms with Crippen molar-refractivity contribution in [1.29, 1.82) is 0 Å². The first kappa shape index (κ1) is 14.6. The number of nitrogens with zero attached hydrogens (tertiary/aromatic N) is 2. The second kappa shape index (κ2) is 5.84. The molecule has 0 atom stereocenters. The van der Waals surface area contributed by atoms with Crippen LogP contribution in [0.4, 0.5) is 5.13 Å². The molecule has 1 saturated heterocycles. The molecular formula is C13H14N4O4S. The monoisotopic (exact) mass is 322 g/mol. The number of aromatic nitrogens is 1. The number of carbonyl (C=O) groups excluding carboxylic acids is 4. The Morgan fingerprint density at radius 1 is 1.23 bits per heavy atom. The number of amides is 4. The second-order valence-electron chi connectivity index (χ2n) is 5.08. The fourth-order valence-corrected chi connectivity index (χ4v) is 3.34. The third kappa shape index (κ3) is 2.84. The number of thiazole rings is 1. The number of anilines is 1. The number of carbonyl (C=O) groups is 4. The summed E-state index contributed by atoms with van der Waals surface area (Å²) in [6.45, 7) is 0.302. The van der Waals surface area contributed by atoms with Gasteiger partial charge < -0.3 is 10.6 Å². The first-order valence-electron chi connectivity index (χ1n) is 6.95. The molecule has 1 aromatic rings.